The standard InChI is InChI=1S/C20H18ClN7OS/c21-14-1-2-15-16(9-14)30-20(25-15)26-19(29)13-3-6-27(7-4-13)17-10-18(24-11-23-17)28-8-5-22-12-28/h1-2,5,8-13H,3-4,6-7H2,(H,25,26,29). The molecule has 0 spiro atoms. The highest BCUT2D eigenvalue weighted by Crippen LogP contribution is 2.29. The Morgan fingerprint density at radius 2 is 2.00 bits per heavy atom. The predicted octanol–water partition coefficient (Wildman–Crippen LogP) is 3.78. The fourth-order valence-electron chi connectivity index (χ4n) is 3.58. The van der Waals surface area contributed by atoms with Gasteiger partial charge in [0.2, 0.25) is 5.91 Å². The maximum Gasteiger partial charge on any atom is 0.229 e. The fraction of sp³-hybridized carbons (Fsp3) is 0.250. The average molecular weight is 440 g/mol. The van der Waals surface area contributed by atoms with Crippen LogP contribution in [0.1, 0.15) is 12.8 Å². The molecule has 152 valence electrons. The number of fused-ring (bicyclic) bond motifs is 1. The Bertz CT molecular complexity index is 1190. The van der Waals surface area contributed by atoms with Crippen molar-refractivity contribution in [3.8, 4) is 5.82 Å². The summed E-state index contributed by atoms with van der Waals surface area (Å²) in [5.74, 6) is 1.59. The third-order valence-corrected chi connectivity index (χ3v) is 6.35. The van der Waals surface area contributed by atoms with Crippen molar-refractivity contribution in [2.24, 2.45) is 5.92 Å². The van der Waals surface area contributed by atoms with Gasteiger partial charge in [0.1, 0.15) is 24.3 Å². The molecule has 0 radical (unpaired) electrons. The number of benzene rings is 1. The van der Waals surface area contributed by atoms with Crippen LogP contribution < -0.4 is 10.2 Å². The van der Waals surface area contributed by atoms with Crippen molar-refractivity contribution in [3.05, 3.63) is 54.3 Å². The van der Waals surface area contributed by atoms with Crippen LogP contribution in [0.15, 0.2) is 49.3 Å². The number of amides is 1. The second-order valence-corrected chi connectivity index (χ2v) is 8.55. The first kappa shape index (κ1) is 19.0. The molecule has 10 heteroatoms. The monoisotopic (exact) mass is 439 g/mol. The van der Waals surface area contributed by atoms with Crippen LogP contribution in [0.2, 0.25) is 5.02 Å². The zero-order valence-electron chi connectivity index (χ0n) is 15.9. The first-order valence-electron chi connectivity index (χ1n) is 9.58. The molecule has 1 saturated heterocycles. The first-order chi connectivity index (χ1) is 14.7. The second-order valence-electron chi connectivity index (χ2n) is 7.09. The molecule has 1 fully saturated rings. The number of piperidine rings is 1. The van der Waals surface area contributed by atoms with Gasteiger partial charge < -0.3 is 10.2 Å². The van der Waals surface area contributed by atoms with Gasteiger partial charge in [-0.15, -0.1) is 0 Å². The van der Waals surface area contributed by atoms with E-state index in [4.69, 9.17) is 11.6 Å². The lowest BCUT2D eigenvalue weighted by molar-refractivity contribution is -0.120. The summed E-state index contributed by atoms with van der Waals surface area (Å²) in [4.78, 5) is 32.2. The minimum absolute atomic E-state index is 0.0154. The first-order valence-corrected chi connectivity index (χ1v) is 10.8. The summed E-state index contributed by atoms with van der Waals surface area (Å²) in [5.41, 5.74) is 0.840. The summed E-state index contributed by atoms with van der Waals surface area (Å²) in [7, 11) is 0. The zero-order chi connectivity index (χ0) is 20.5. The highest BCUT2D eigenvalue weighted by molar-refractivity contribution is 7.22. The van der Waals surface area contributed by atoms with Crippen LogP contribution in [0.4, 0.5) is 10.9 Å². The van der Waals surface area contributed by atoms with Gasteiger partial charge in [0.05, 0.1) is 10.2 Å². The Kier molecular flexibility index (Phi) is 5.06. The summed E-state index contributed by atoms with van der Waals surface area (Å²) >= 11 is 7.47. The van der Waals surface area contributed by atoms with Gasteiger partial charge in [0.25, 0.3) is 0 Å². The van der Waals surface area contributed by atoms with E-state index in [9.17, 15) is 4.79 Å². The Morgan fingerprint density at radius 1 is 1.17 bits per heavy atom. The van der Waals surface area contributed by atoms with E-state index in [0.29, 0.717) is 10.2 Å². The number of nitrogens with zero attached hydrogens (tertiary/aromatic N) is 6. The third kappa shape index (κ3) is 3.86. The van der Waals surface area contributed by atoms with E-state index < -0.39 is 0 Å². The van der Waals surface area contributed by atoms with Crippen LogP contribution in [0.3, 0.4) is 0 Å². The van der Waals surface area contributed by atoms with Gasteiger partial charge in [0.15, 0.2) is 5.13 Å². The van der Waals surface area contributed by atoms with Crippen molar-refractivity contribution in [1.82, 2.24) is 24.5 Å². The summed E-state index contributed by atoms with van der Waals surface area (Å²) < 4.78 is 2.81. The van der Waals surface area contributed by atoms with Crippen LogP contribution >= 0.6 is 22.9 Å². The number of aromatic nitrogens is 5. The van der Waals surface area contributed by atoms with Crippen molar-refractivity contribution in [2.75, 3.05) is 23.3 Å². The average Bonchev–Trinajstić information content (AvgIpc) is 3.43. The number of hydrogen-bond acceptors (Lipinski definition) is 7. The topological polar surface area (TPSA) is 88.8 Å². The molecule has 1 aromatic carbocycles. The minimum Gasteiger partial charge on any atom is -0.356 e. The van der Waals surface area contributed by atoms with Crippen molar-refractivity contribution in [3.63, 3.8) is 0 Å². The lowest BCUT2D eigenvalue weighted by Crippen LogP contribution is -2.38. The van der Waals surface area contributed by atoms with E-state index in [1.54, 1.807) is 24.9 Å². The number of nitrogens with one attached hydrogen (secondary N) is 1. The molecule has 0 unspecified atom stereocenters. The molecule has 8 nitrogen and oxygen atoms in total. The number of rotatable bonds is 4. The van der Waals surface area contributed by atoms with Gasteiger partial charge in [0, 0.05) is 42.5 Å². The molecule has 5 rings (SSSR count). The molecule has 0 saturated carbocycles. The van der Waals surface area contributed by atoms with Crippen LogP contribution in [0.25, 0.3) is 16.0 Å². The highest BCUT2D eigenvalue weighted by Gasteiger charge is 2.26. The molecule has 1 aliphatic heterocycles. The number of hydrogen-bond donors (Lipinski definition) is 1. The number of anilines is 2. The van der Waals surface area contributed by atoms with E-state index in [2.05, 4.69) is 30.2 Å². The Hall–Kier alpha value is -3.04. The van der Waals surface area contributed by atoms with Crippen molar-refractivity contribution in [2.45, 2.75) is 12.8 Å². The fourth-order valence-corrected chi connectivity index (χ4v) is 4.72. The summed E-state index contributed by atoms with van der Waals surface area (Å²) in [5, 5.41) is 4.25. The zero-order valence-corrected chi connectivity index (χ0v) is 17.5. The van der Waals surface area contributed by atoms with E-state index in [1.807, 2.05) is 29.0 Å². The molecule has 1 amide bonds. The summed E-state index contributed by atoms with van der Waals surface area (Å²) in [6.07, 6.45) is 8.34. The van der Waals surface area contributed by atoms with Crippen LogP contribution in [-0.4, -0.2) is 43.5 Å². The van der Waals surface area contributed by atoms with Gasteiger partial charge in [-0.05, 0) is 31.0 Å². The molecule has 4 heterocycles. The molecule has 0 aliphatic carbocycles. The van der Waals surface area contributed by atoms with Gasteiger partial charge in [-0.1, -0.05) is 22.9 Å². The molecule has 30 heavy (non-hydrogen) atoms. The SMILES string of the molecule is O=C(Nc1nc2ccc(Cl)cc2s1)C1CCN(c2cc(-n3ccnc3)ncn2)CC1. The van der Waals surface area contributed by atoms with E-state index in [1.165, 1.54) is 11.3 Å². The molecule has 3 aromatic heterocycles. The van der Waals surface area contributed by atoms with Gasteiger partial charge in [-0.2, -0.15) is 0 Å². The molecule has 4 aromatic rings. The number of carbonyl (C=O) groups excluding carboxylic acids is 1. The molecule has 0 bridgehead atoms. The highest BCUT2D eigenvalue weighted by atomic mass is 35.5. The number of halogens is 1. The maximum atomic E-state index is 12.7. The lowest BCUT2D eigenvalue weighted by Gasteiger charge is -2.32. The largest absolute Gasteiger partial charge is 0.356 e. The Morgan fingerprint density at radius 3 is 2.80 bits per heavy atom. The molecule has 0 atom stereocenters. The van der Waals surface area contributed by atoms with E-state index in [-0.39, 0.29) is 11.8 Å². The minimum atomic E-state index is -0.0493. The predicted molar refractivity (Wildman–Crippen MR) is 117 cm³/mol. The third-order valence-electron chi connectivity index (χ3n) is 5.18. The number of carbonyl (C=O) groups is 1. The van der Waals surface area contributed by atoms with Crippen molar-refractivity contribution in [1.29, 1.82) is 0 Å². The van der Waals surface area contributed by atoms with E-state index >= 15 is 0 Å². The summed E-state index contributed by atoms with van der Waals surface area (Å²) in [6, 6.07) is 7.47. The Labute approximate surface area is 181 Å². The van der Waals surface area contributed by atoms with Gasteiger partial charge in [-0.3, -0.25) is 9.36 Å². The van der Waals surface area contributed by atoms with Crippen molar-refractivity contribution >= 4 is 50.0 Å². The van der Waals surface area contributed by atoms with Crippen LogP contribution in [0.5, 0.6) is 0 Å². The second kappa shape index (κ2) is 8.00. The summed E-state index contributed by atoms with van der Waals surface area (Å²) in [6.45, 7) is 1.52. The van der Waals surface area contributed by atoms with Crippen LogP contribution in [-0.2, 0) is 4.79 Å². The normalized spacial score (nSPS) is 14.9. The molecular formula is C20H18ClN7OS. The molecular weight excluding hydrogens is 422 g/mol. The van der Waals surface area contributed by atoms with Gasteiger partial charge >= 0.3 is 0 Å². The van der Waals surface area contributed by atoms with Crippen LogP contribution in [0, 0.1) is 5.92 Å². The van der Waals surface area contributed by atoms with Crippen molar-refractivity contribution < 1.29 is 4.79 Å². The van der Waals surface area contributed by atoms with Gasteiger partial charge in [-0.25, -0.2) is 19.9 Å². The quantitative estimate of drug-likeness (QED) is 0.520. The lowest BCUT2D eigenvalue weighted by atomic mass is 9.96. The molecule has 1 N–H and O–H groups in total. The number of thiazole rings is 1. The molecule has 1 aliphatic rings. The smallest absolute Gasteiger partial charge is 0.229 e. The number of imidazole rings is 1. The Balaban J connectivity index is 1.22. The van der Waals surface area contributed by atoms with E-state index in [0.717, 1.165) is 47.8 Å². The maximum absolute atomic E-state index is 12.7.